The van der Waals surface area contributed by atoms with E-state index >= 15 is 0 Å². The number of carbonyl (C=O) groups is 1. The summed E-state index contributed by atoms with van der Waals surface area (Å²) < 4.78 is 30.7. The fraction of sp³-hybridized carbons (Fsp3) is 0.261. The van der Waals surface area contributed by atoms with E-state index in [0.29, 0.717) is 29.4 Å². The SMILES string of the molecule is C[C@@H]1CN(c2nc(N)nc3c2C(=O)CN3)[C@]1(C)c1nn2ccc(F)c2c(=O)n1-c1ccc(F)cc1. The van der Waals surface area contributed by atoms with E-state index in [9.17, 15) is 18.4 Å². The normalized spacial score (nSPS) is 21.2. The average molecular weight is 478 g/mol. The summed E-state index contributed by atoms with van der Waals surface area (Å²) in [6.45, 7) is 4.41. The summed E-state index contributed by atoms with van der Waals surface area (Å²) in [4.78, 5) is 36.6. The maximum Gasteiger partial charge on any atom is 0.285 e. The molecule has 2 aliphatic heterocycles. The second-order valence-electron chi connectivity index (χ2n) is 8.96. The van der Waals surface area contributed by atoms with E-state index in [0.717, 1.165) is 6.07 Å². The number of hydrogen-bond donors (Lipinski definition) is 2. The lowest BCUT2D eigenvalue weighted by molar-refractivity contribution is 0.101. The van der Waals surface area contributed by atoms with Crippen LogP contribution in [0.3, 0.4) is 0 Å². The van der Waals surface area contributed by atoms with E-state index in [4.69, 9.17) is 5.73 Å². The first-order valence-electron chi connectivity index (χ1n) is 11.0. The molecule has 0 saturated carbocycles. The van der Waals surface area contributed by atoms with Gasteiger partial charge in [-0.1, -0.05) is 6.92 Å². The average Bonchev–Trinajstić information content (AvgIpc) is 3.39. The second kappa shape index (κ2) is 7.08. The Balaban J connectivity index is 1.63. The smallest absolute Gasteiger partial charge is 0.285 e. The third-order valence-electron chi connectivity index (χ3n) is 7.01. The lowest BCUT2D eigenvalue weighted by Gasteiger charge is -2.56. The van der Waals surface area contributed by atoms with Crippen molar-refractivity contribution in [1.29, 1.82) is 0 Å². The maximum atomic E-state index is 14.5. The zero-order valence-electron chi connectivity index (χ0n) is 18.8. The van der Waals surface area contributed by atoms with Crippen LogP contribution in [0.4, 0.5) is 26.4 Å². The van der Waals surface area contributed by atoms with Crippen molar-refractivity contribution in [3.05, 3.63) is 69.9 Å². The summed E-state index contributed by atoms with van der Waals surface area (Å²) in [5, 5.41) is 7.57. The Morgan fingerprint density at radius 1 is 1.14 bits per heavy atom. The lowest BCUT2D eigenvalue weighted by atomic mass is 9.75. The first-order valence-corrected chi connectivity index (χ1v) is 11.0. The van der Waals surface area contributed by atoms with Gasteiger partial charge in [-0.15, -0.1) is 0 Å². The van der Waals surface area contributed by atoms with Crippen LogP contribution in [-0.2, 0) is 5.54 Å². The van der Waals surface area contributed by atoms with Gasteiger partial charge < -0.3 is 16.0 Å². The third-order valence-corrected chi connectivity index (χ3v) is 7.01. The van der Waals surface area contributed by atoms with Gasteiger partial charge in [-0.25, -0.2) is 13.3 Å². The number of halogens is 2. The van der Waals surface area contributed by atoms with Gasteiger partial charge in [-0.2, -0.15) is 15.1 Å². The van der Waals surface area contributed by atoms with Crippen LogP contribution in [0.5, 0.6) is 0 Å². The Hall–Kier alpha value is -4.35. The van der Waals surface area contributed by atoms with Gasteiger partial charge in [0, 0.05) is 18.7 Å². The Bertz CT molecular complexity index is 1600. The molecule has 178 valence electrons. The molecular weight excluding hydrogens is 458 g/mol. The fourth-order valence-corrected chi connectivity index (χ4v) is 4.93. The highest BCUT2D eigenvalue weighted by atomic mass is 19.1. The van der Waals surface area contributed by atoms with E-state index in [1.54, 1.807) is 0 Å². The van der Waals surface area contributed by atoms with Crippen molar-refractivity contribution in [3.8, 4) is 5.69 Å². The summed E-state index contributed by atoms with van der Waals surface area (Å²) in [7, 11) is 0. The molecule has 0 unspecified atom stereocenters. The van der Waals surface area contributed by atoms with Crippen LogP contribution in [0.2, 0.25) is 0 Å². The molecule has 0 spiro atoms. The highest BCUT2D eigenvalue weighted by molar-refractivity contribution is 6.11. The largest absolute Gasteiger partial charge is 0.368 e. The fourth-order valence-electron chi connectivity index (χ4n) is 4.93. The topological polar surface area (TPSA) is 123 Å². The van der Waals surface area contributed by atoms with Gasteiger partial charge >= 0.3 is 0 Å². The highest BCUT2D eigenvalue weighted by Gasteiger charge is 2.54. The van der Waals surface area contributed by atoms with E-state index < -0.39 is 22.7 Å². The number of nitrogens with two attached hydrogens (primary N) is 1. The lowest BCUT2D eigenvalue weighted by Crippen LogP contribution is -2.65. The summed E-state index contributed by atoms with van der Waals surface area (Å²) in [6.07, 6.45) is 1.37. The predicted octanol–water partition coefficient (Wildman–Crippen LogP) is 2.12. The quantitative estimate of drug-likeness (QED) is 0.459. The minimum atomic E-state index is -0.958. The number of nitrogen functional groups attached to an aromatic ring is 1. The molecule has 1 saturated heterocycles. The summed E-state index contributed by atoms with van der Waals surface area (Å²) in [5.74, 6) is -0.470. The monoisotopic (exact) mass is 478 g/mol. The summed E-state index contributed by atoms with van der Waals surface area (Å²) in [5.41, 5.74) is 4.75. The number of rotatable bonds is 3. The summed E-state index contributed by atoms with van der Waals surface area (Å²) in [6, 6.07) is 6.47. The first kappa shape index (κ1) is 21.2. The van der Waals surface area contributed by atoms with Crippen LogP contribution >= 0.6 is 0 Å². The van der Waals surface area contributed by atoms with Crippen LogP contribution in [-0.4, -0.2) is 43.0 Å². The Morgan fingerprint density at radius 2 is 1.89 bits per heavy atom. The molecule has 0 amide bonds. The van der Waals surface area contributed by atoms with E-state index in [1.165, 1.54) is 39.5 Å². The van der Waals surface area contributed by atoms with E-state index in [1.807, 2.05) is 18.7 Å². The molecule has 1 fully saturated rings. The number of nitrogens with zero attached hydrogens (tertiary/aromatic N) is 6. The van der Waals surface area contributed by atoms with Crippen LogP contribution in [0.25, 0.3) is 11.2 Å². The Labute approximate surface area is 197 Å². The van der Waals surface area contributed by atoms with E-state index in [2.05, 4.69) is 20.4 Å². The van der Waals surface area contributed by atoms with Crippen molar-refractivity contribution < 1.29 is 13.6 Å². The number of carbonyl (C=O) groups excluding carboxylic acids is 1. The standard InChI is InChI=1S/C23H20F2N8O2/c1-11-10-31(19-16-15(34)9-27-18(16)28-22(26)29-19)23(11,2)21-30-32-8-7-14(25)17(32)20(35)33(21)13-5-3-12(24)4-6-13/h3-8,11H,9-10H2,1-2H3,(H3,26,27,28,29)/t11-,23+/m1/s1. The van der Waals surface area contributed by atoms with E-state index in [-0.39, 0.29) is 35.5 Å². The van der Waals surface area contributed by atoms with Crippen LogP contribution in [0.15, 0.2) is 41.3 Å². The molecular formula is C23H20F2N8O2. The molecule has 3 N–H and O–H groups in total. The number of aromatic nitrogens is 5. The first-order chi connectivity index (χ1) is 16.7. The summed E-state index contributed by atoms with van der Waals surface area (Å²) >= 11 is 0. The van der Waals surface area contributed by atoms with Gasteiger partial charge in [0.1, 0.15) is 28.6 Å². The van der Waals surface area contributed by atoms with Crippen LogP contribution in [0.1, 0.15) is 30.0 Å². The minimum Gasteiger partial charge on any atom is -0.368 e. The van der Waals surface area contributed by atoms with Crippen molar-refractivity contribution in [1.82, 2.24) is 24.1 Å². The zero-order valence-corrected chi connectivity index (χ0v) is 18.8. The molecule has 0 radical (unpaired) electrons. The number of benzene rings is 1. The Kier molecular flexibility index (Phi) is 4.29. The van der Waals surface area contributed by atoms with Gasteiger partial charge in [0.25, 0.3) is 5.56 Å². The molecule has 3 aromatic heterocycles. The van der Waals surface area contributed by atoms with Crippen molar-refractivity contribution in [2.45, 2.75) is 19.4 Å². The van der Waals surface area contributed by atoms with Crippen molar-refractivity contribution >= 4 is 28.9 Å². The molecule has 1 aromatic carbocycles. The van der Waals surface area contributed by atoms with Gasteiger partial charge in [0.15, 0.2) is 22.9 Å². The third kappa shape index (κ3) is 2.82. The van der Waals surface area contributed by atoms with Gasteiger partial charge in [0.05, 0.1) is 12.2 Å². The molecule has 12 heteroatoms. The van der Waals surface area contributed by atoms with Gasteiger partial charge in [0.2, 0.25) is 5.95 Å². The van der Waals surface area contributed by atoms with Crippen molar-refractivity contribution in [2.75, 3.05) is 29.0 Å². The molecule has 35 heavy (non-hydrogen) atoms. The predicted molar refractivity (Wildman–Crippen MR) is 124 cm³/mol. The van der Waals surface area contributed by atoms with Crippen LogP contribution < -0.4 is 21.5 Å². The number of hydrogen-bond acceptors (Lipinski definition) is 8. The molecule has 6 rings (SSSR count). The molecule has 2 atom stereocenters. The molecule has 4 aromatic rings. The van der Waals surface area contributed by atoms with Crippen LogP contribution in [0, 0.1) is 17.6 Å². The Morgan fingerprint density at radius 3 is 2.60 bits per heavy atom. The minimum absolute atomic E-state index is 0.00494. The van der Waals surface area contributed by atoms with Gasteiger partial charge in [-0.3, -0.25) is 14.2 Å². The molecule has 2 aliphatic rings. The number of Topliss-reactive ketones (excluding diaryl/α,β-unsaturated/α-hetero) is 1. The maximum absolute atomic E-state index is 14.5. The highest BCUT2D eigenvalue weighted by Crippen LogP contribution is 2.48. The molecule has 10 nitrogen and oxygen atoms in total. The molecule has 0 aliphatic carbocycles. The number of nitrogens with one attached hydrogen (secondary N) is 1. The van der Waals surface area contributed by atoms with Crippen molar-refractivity contribution in [2.24, 2.45) is 5.92 Å². The number of ketones is 1. The number of anilines is 3. The molecule has 5 heterocycles. The second-order valence-corrected chi connectivity index (χ2v) is 8.96. The van der Waals surface area contributed by atoms with Crippen molar-refractivity contribution in [3.63, 3.8) is 0 Å². The van der Waals surface area contributed by atoms with Gasteiger partial charge in [-0.05, 0) is 37.3 Å². The number of fused-ring (bicyclic) bond motifs is 2. The molecule has 0 bridgehead atoms. The zero-order chi connectivity index (χ0) is 24.6.